The lowest BCUT2D eigenvalue weighted by Crippen LogP contribution is -2.29. The Hall–Kier alpha value is -0.940. The van der Waals surface area contributed by atoms with Crippen LogP contribution in [0.5, 0.6) is 0 Å². The lowest BCUT2D eigenvalue weighted by atomic mass is 9.98. The van der Waals surface area contributed by atoms with Crippen LogP contribution in [0, 0.1) is 12.7 Å². The lowest BCUT2D eigenvalue weighted by molar-refractivity contribution is 0.543. The summed E-state index contributed by atoms with van der Waals surface area (Å²) in [6, 6.07) is 10.6. The minimum absolute atomic E-state index is 0.191. The van der Waals surface area contributed by atoms with Crippen molar-refractivity contribution in [1.82, 2.24) is 5.43 Å². The Kier molecular flexibility index (Phi) is 5.16. The van der Waals surface area contributed by atoms with Gasteiger partial charge in [-0.25, -0.2) is 4.39 Å². The average Bonchev–Trinajstić information content (AvgIpc) is 2.41. The predicted octanol–water partition coefficient (Wildman–Crippen LogP) is 4.30. The molecule has 0 amide bonds. The maximum atomic E-state index is 13.6. The Morgan fingerprint density at radius 1 is 1.30 bits per heavy atom. The maximum Gasteiger partial charge on any atom is 0.126 e. The zero-order valence-electron chi connectivity index (χ0n) is 11.0. The van der Waals surface area contributed by atoms with Gasteiger partial charge in [0.2, 0.25) is 0 Å². The van der Waals surface area contributed by atoms with Crippen LogP contribution >= 0.6 is 27.5 Å². The summed E-state index contributed by atoms with van der Waals surface area (Å²) in [4.78, 5) is 0. The molecule has 0 saturated carbocycles. The predicted molar refractivity (Wildman–Crippen MR) is 84.1 cm³/mol. The number of hydrogen-bond acceptors (Lipinski definition) is 2. The van der Waals surface area contributed by atoms with Crippen molar-refractivity contribution in [3.63, 3.8) is 0 Å². The summed E-state index contributed by atoms with van der Waals surface area (Å²) in [6.07, 6.45) is 0.588. The van der Waals surface area contributed by atoms with E-state index < -0.39 is 0 Å². The Morgan fingerprint density at radius 3 is 2.65 bits per heavy atom. The largest absolute Gasteiger partial charge is 0.271 e. The summed E-state index contributed by atoms with van der Waals surface area (Å²) in [5.74, 6) is 5.36. The molecule has 1 atom stereocenters. The second-order valence-corrected chi connectivity index (χ2v) is 5.99. The molecule has 0 radical (unpaired) electrons. The molecule has 0 aromatic heterocycles. The molecule has 0 aliphatic rings. The van der Waals surface area contributed by atoms with Gasteiger partial charge >= 0.3 is 0 Å². The fourth-order valence-electron chi connectivity index (χ4n) is 2.01. The van der Waals surface area contributed by atoms with Gasteiger partial charge in [0.1, 0.15) is 5.82 Å². The van der Waals surface area contributed by atoms with Crippen molar-refractivity contribution >= 4 is 27.5 Å². The van der Waals surface area contributed by atoms with Crippen LogP contribution < -0.4 is 11.3 Å². The minimum Gasteiger partial charge on any atom is -0.271 e. The van der Waals surface area contributed by atoms with E-state index >= 15 is 0 Å². The van der Waals surface area contributed by atoms with Crippen LogP contribution in [0.15, 0.2) is 40.9 Å². The molecular formula is C15H15BrClFN2. The highest BCUT2D eigenvalue weighted by Gasteiger charge is 2.14. The first-order valence-electron chi connectivity index (χ1n) is 6.17. The zero-order valence-corrected chi connectivity index (χ0v) is 13.3. The van der Waals surface area contributed by atoms with Crippen molar-refractivity contribution in [3.05, 3.63) is 68.4 Å². The third kappa shape index (κ3) is 3.58. The molecule has 0 heterocycles. The topological polar surface area (TPSA) is 38.0 Å². The van der Waals surface area contributed by atoms with E-state index in [1.54, 1.807) is 13.0 Å². The maximum absolute atomic E-state index is 13.6. The van der Waals surface area contributed by atoms with E-state index in [1.807, 2.05) is 24.3 Å². The van der Waals surface area contributed by atoms with Crippen LogP contribution in [-0.4, -0.2) is 0 Å². The molecule has 0 aliphatic heterocycles. The third-order valence-electron chi connectivity index (χ3n) is 3.24. The molecule has 106 valence electrons. The Labute approximate surface area is 131 Å². The van der Waals surface area contributed by atoms with Crippen molar-refractivity contribution in [2.24, 2.45) is 5.84 Å². The highest BCUT2D eigenvalue weighted by molar-refractivity contribution is 9.10. The lowest BCUT2D eigenvalue weighted by Gasteiger charge is -2.18. The second kappa shape index (κ2) is 6.68. The number of nitrogens with one attached hydrogen (secondary N) is 1. The summed E-state index contributed by atoms with van der Waals surface area (Å²) >= 11 is 9.57. The number of nitrogens with two attached hydrogens (primary N) is 1. The van der Waals surface area contributed by atoms with E-state index in [1.165, 1.54) is 6.07 Å². The Bertz CT molecular complexity index is 619. The van der Waals surface area contributed by atoms with E-state index in [0.717, 1.165) is 15.6 Å². The second-order valence-electron chi connectivity index (χ2n) is 4.67. The summed E-state index contributed by atoms with van der Waals surface area (Å²) in [6.45, 7) is 1.73. The van der Waals surface area contributed by atoms with Crippen LogP contribution in [0.25, 0.3) is 0 Å². The monoisotopic (exact) mass is 356 g/mol. The van der Waals surface area contributed by atoms with Gasteiger partial charge in [0.25, 0.3) is 0 Å². The van der Waals surface area contributed by atoms with Crippen LogP contribution in [0.4, 0.5) is 4.39 Å². The minimum atomic E-state index is -0.232. The molecule has 2 rings (SSSR count). The molecule has 0 saturated heterocycles. The normalized spacial score (nSPS) is 12.4. The van der Waals surface area contributed by atoms with Crippen molar-refractivity contribution in [3.8, 4) is 0 Å². The van der Waals surface area contributed by atoms with Crippen molar-refractivity contribution in [1.29, 1.82) is 0 Å². The summed E-state index contributed by atoms with van der Waals surface area (Å²) in [7, 11) is 0. The SMILES string of the molecule is Cc1ccc(C(Cc2ccc(Br)cc2Cl)NN)cc1F. The first-order chi connectivity index (χ1) is 9.51. The number of rotatable bonds is 4. The van der Waals surface area contributed by atoms with E-state index in [9.17, 15) is 4.39 Å². The molecule has 20 heavy (non-hydrogen) atoms. The molecule has 1 unspecified atom stereocenters. The van der Waals surface area contributed by atoms with Gasteiger partial charge in [0, 0.05) is 9.50 Å². The van der Waals surface area contributed by atoms with Crippen LogP contribution in [-0.2, 0) is 6.42 Å². The molecule has 2 nitrogen and oxygen atoms in total. The van der Waals surface area contributed by atoms with E-state index in [-0.39, 0.29) is 11.9 Å². The molecular weight excluding hydrogens is 343 g/mol. The number of benzene rings is 2. The van der Waals surface area contributed by atoms with Crippen molar-refractivity contribution in [2.45, 2.75) is 19.4 Å². The smallest absolute Gasteiger partial charge is 0.126 e. The van der Waals surface area contributed by atoms with Crippen LogP contribution in [0.1, 0.15) is 22.7 Å². The van der Waals surface area contributed by atoms with Crippen LogP contribution in [0.2, 0.25) is 5.02 Å². The molecule has 3 N–H and O–H groups in total. The Morgan fingerprint density at radius 2 is 2.05 bits per heavy atom. The zero-order chi connectivity index (χ0) is 14.7. The van der Waals surface area contributed by atoms with E-state index in [2.05, 4.69) is 21.4 Å². The summed E-state index contributed by atoms with van der Waals surface area (Å²) in [5.41, 5.74) is 5.09. The Balaban J connectivity index is 2.26. The quantitative estimate of drug-likeness (QED) is 0.632. The third-order valence-corrected chi connectivity index (χ3v) is 4.08. The highest BCUT2D eigenvalue weighted by atomic mass is 79.9. The molecule has 2 aromatic rings. The van der Waals surface area contributed by atoms with Gasteiger partial charge in [-0.15, -0.1) is 0 Å². The van der Waals surface area contributed by atoms with Gasteiger partial charge in [-0.05, 0) is 48.2 Å². The highest BCUT2D eigenvalue weighted by Crippen LogP contribution is 2.26. The standard InChI is InChI=1S/C15H15BrClFN2/c1-9-2-3-11(6-14(9)18)15(20-19)7-10-4-5-12(16)8-13(10)17/h2-6,8,15,20H,7,19H2,1H3. The number of aryl methyl sites for hydroxylation is 1. The molecule has 0 aliphatic carbocycles. The van der Waals surface area contributed by atoms with Gasteiger partial charge in [-0.1, -0.05) is 45.7 Å². The van der Waals surface area contributed by atoms with Gasteiger partial charge in [0.05, 0.1) is 6.04 Å². The van der Waals surface area contributed by atoms with Gasteiger partial charge in [-0.2, -0.15) is 0 Å². The first-order valence-corrected chi connectivity index (χ1v) is 7.34. The first kappa shape index (κ1) is 15.4. The molecule has 0 spiro atoms. The van der Waals surface area contributed by atoms with Crippen LogP contribution in [0.3, 0.4) is 0 Å². The van der Waals surface area contributed by atoms with Gasteiger partial charge in [0.15, 0.2) is 0 Å². The van der Waals surface area contributed by atoms with Crippen molar-refractivity contribution < 1.29 is 4.39 Å². The average molecular weight is 358 g/mol. The fourth-order valence-corrected chi connectivity index (χ4v) is 2.76. The van der Waals surface area contributed by atoms with E-state index in [0.29, 0.717) is 17.0 Å². The van der Waals surface area contributed by atoms with Gasteiger partial charge < -0.3 is 0 Å². The number of hydrogen-bond donors (Lipinski definition) is 2. The summed E-state index contributed by atoms with van der Waals surface area (Å²) in [5, 5.41) is 0.659. The molecule has 5 heteroatoms. The van der Waals surface area contributed by atoms with E-state index in [4.69, 9.17) is 17.4 Å². The number of halogens is 3. The fraction of sp³-hybridized carbons (Fsp3) is 0.200. The molecule has 0 bridgehead atoms. The molecule has 0 fully saturated rings. The van der Waals surface area contributed by atoms with Gasteiger partial charge in [-0.3, -0.25) is 11.3 Å². The molecule has 2 aromatic carbocycles. The summed E-state index contributed by atoms with van der Waals surface area (Å²) < 4.78 is 14.6. The number of hydrazine groups is 1. The van der Waals surface area contributed by atoms with Crippen molar-refractivity contribution in [2.75, 3.05) is 0 Å².